The Bertz CT molecular complexity index is 1110. The lowest BCUT2D eigenvalue weighted by molar-refractivity contribution is -0.131. The number of benzene rings is 2. The Hall–Kier alpha value is -2.84. The van der Waals surface area contributed by atoms with Gasteiger partial charge >= 0.3 is 0 Å². The monoisotopic (exact) mass is 439 g/mol. The highest BCUT2D eigenvalue weighted by molar-refractivity contribution is 7.71. The number of aromatic amines is 1. The molecule has 0 aliphatic carbocycles. The summed E-state index contributed by atoms with van der Waals surface area (Å²) >= 11 is 5.39. The maximum Gasteiger partial charge on any atom is 0.242 e. The smallest absolute Gasteiger partial charge is 0.242 e. The quantitative estimate of drug-likeness (QED) is 0.615. The number of amides is 1. The van der Waals surface area contributed by atoms with Crippen LogP contribution in [0.4, 0.5) is 4.39 Å². The molecule has 1 saturated heterocycles. The summed E-state index contributed by atoms with van der Waals surface area (Å²) in [5.74, 6) is 0.490. The second-order valence-corrected chi connectivity index (χ2v) is 8.33. The van der Waals surface area contributed by atoms with Gasteiger partial charge in [-0.15, -0.1) is 0 Å². The maximum atomic E-state index is 13.1. The van der Waals surface area contributed by atoms with Gasteiger partial charge in [-0.3, -0.25) is 19.4 Å². The number of rotatable bonds is 5. The SMILES string of the molecule is Cc1cccc(-c2n[nH]c(=S)n2CC(=O)N2CCCN(Cc3ccc(F)cc3)CC2)c1. The van der Waals surface area contributed by atoms with Crippen LogP contribution in [-0.2, 0) is 17.9 Å². The summed E-state index contributed by atoms with van der Waals surface area (Å²) in [7, 11) is 0. The molecule has 2 heterocycles. The molecule has 6 nitrogen and oxygen atoms in total. The molecule has 0 bridgehead atoms. The minimum Gasteiger partial charge on any atom is -0.340 e. The summed E-state index contributed by atoms with van der Waals surface area (Å²) in [5.41, 5.74) is 3.13. The molecule has 31 heavy (non-hydrogen) atoms. The number of carbonyl (C=O) groups is 1. The van der Waals surface area contributed by atoms with Crippen molar-refractivity contribution in [1.29, 1.82) is 0 Å². The molecule has 0 atom stereocenters. The van der Waals surface area contributed by atoms with Crippen LogP contribution >= 0.6 is 12.2 Å². The molecule has 1 amide bonds. The summed E-state index contributed by atoms with van der Waals surface area (Å²) < 4.78 is 15.4. The van der Waals surface area contributed by atoms with Gasteiger partial charge < -0.3 is 4.90 Å². The van der Waals surface area contributed by atoms with Crippen molar-refractivity contribution in [1.82, 2.24) is 24.6 Å². The van der Waals surface area contributed by atoms with Crippen LogP contribution in [0.25, 0.3) is 11.4 Å². The van der Waals surface area contributed by atoms with E-state index in [2.05, 4.69) is 15.1 Å². The molecule has 0 spiro atoms. The highest BCUT2D eigenvalue weighted by atomic mass is 32.1. The summed E-state index contributed by atoms with van der Waals surface area (Å²) in [6, 6.07) is 14.6. The largest absolute Gasteiger partial charge is 0.340 e. The predicted molar refractivity (Wildman–Crippen MR) is 120 cm³/mol. The molecule has 1 aliphatic heterocycles. The van der Waals surface area contributed by atoms with E-state index in [-0.39, 0.29) is 18.3 Å². The summed E-state index contributed by atoms with van der Waals surface area (Å²) in [4.78, 5) is 17.3. The van der Waals surface area contributed by atoms with Gasteiger partial charge in [-0.05, 0) is 49.3 Å². The first kappa shape index (κ1) is 21.4. The van der Waals surface area contributed by atoms with Gasteiger partial charge in [0.25, 0.3) is 0 Å². The van der Waals surface area contributed by atoms with Crippen molar-refractivity contribution in [2.45, 2.75) is 26.4 Å². The molecule has 0 radical (unpaired) electrons. The minimum absolute atomic E-state index is 0.0371. The van der Waals surface area contributed by atoms with Gasteiger partial charge in [0.05, 0.1) is 0 Å². The molecule has 4 rings (SSSR count). The van der Waals surface area contributed by atoms with Crippen LogP contribution in [0, 0.1) is 17.5 Å². The van der Waals surface area contributed by atoms with E-state index in [1.807, 2.05) is 48.2 Å². The Balaban J connectivity index is 1.41. The fraction of sp³-hybridized carbons (Fsp3) is 0.348. The Labute approximate surface area is 186 Å². The van der Waals surface area contributed by atoms with Crippen molar-refractivity contribution in [3.63, 3.8) is 0 Å². The Morgan fingerprint density at radius 3 is 2.71 bits per heavy atom. The Kier molecular flexibility index (Phi) is 6.58. The van der Waals surface area contributed by atoms with Crippen molar-refractivity contribution in [2.24, 2.45) is 0 Å². The molecule has 2 aromatic carbocycles. The van der Waals surface area contributed by atoms with Gasteiger partial charge in [-0.25, -0.2) is 4.39 Å². The zero-order valence-corrected chi connectivity index (χ0v) is 18.4. The van der Waals surface area contributed by atoms with Gasteiger partial charge in [-0.1, -0.05) is 35.9 Å². The molecule has 1 N–H and O–H groups in total. The molecule has 3 aromatic rings. The van der Waals surface area contributed by atoms with Gasteiger partial charge in [0.1, 0.15) is 12.4 Å². The van der Waals surface area contributed by atoms with Crippen molar-refractivity contribution in [3.05, 3.63) is 70.2 Å². The third-order valence-electron chi connectivity index (χ3n) is 5.59. The normalized spacial score (nSPS) is 15.1. The zero-order valence-electron chi connectivity index (χ0n) is 17.6. The molecule has 1 aromatic heterocycles. The standard InChI is InChI=1S/C23H26FN5OS/c1-17-4-2-5-19(14-17)22-25-26-23(31)29(22)16-21(30)28-11-3-10-27(12-13-28)15-18-6-8-20(24)9-7-18/h2,4-9,14H,3,10-13,15-16H2,1H3,(H,26,31). The highest BCUT2D eigenvalue weighted by Gasteiger charge is 2.21. The van der Waals surface area contributed by atoms with Gasteiger partial charge in [0.2, 0.25) is 5.91 Å². The predicted octanol–water partition coefficient (Wildman–Crippen LogP) is 3.79. The van der Waals surface area contributed by atoms with Gasteiger partial charge in [-0.2, -0.15) is 5.10 Å². The molecular formula is C23H26FN5OS. The number of aryl methyl sites for hydroxylation is 1. The van der Waals surface area contributed by atoms with Gasteiger partial charge in [0.15, 0.2) is 10.6 Å². The van der Waals surface area contributed by atoms with E-state index < -0.39 is 0 Å². The van der Waals surface area contributed by atoms with Crippen molar-refractivity contribution in [2.75, 3.05) is 26.2 Å². The van der Waals surface area contributed by atoms with Crippen LogP contribution in [0.2, 0.25) is 0 Å². The second kappa shape index (κ2) is 9.53. The third kappa shape index (κ3) is 5.26. The fourth-order valence-corrected chi connectivity index (χ4v) is 4.13. The first-order chi connectivity index (χ1) is 15.0. The summed E-state index contributed by atoms with van der Waals surface area (Å²) in [6.45, 7) is 6.00. The number of H-pyrrole nitrogens is 1. The van der Waals surface area contributed by atoms with E-state index in [4.69, 9.17) is 12.2 Å². The average Bonchev–Trinajstić information content (AvgIpc) is 2.96. The van der Waals surface area contributed by atoms with Crippen LogP contribution in [0.3, 0.4) is 0 Å². The van der Waals surface area contributed by atoms with Crippen LogP contribution in [0.15, 0.2) is 48.5 Å². The number of carbonyl (C=O) groups excluding carboxylic acids is 1. The lowest BCUT2D eigenvalue weighted by atomic mass is 10.1. The van der Waals surface area contributed by atoms with E-state index in [9.17, 15) is 9.18 Å². The molecule has 1 fully saturated rings. The first-order valence-corrected chi connectivity index (χ1v) is 10.9. The first-order valence-electron chi connectivity index (χ1n) is 10.5. The highest BCUT2D eigenvalue weighted by Crippen LogP contribution is 2.19. The van der Waals surface area contributed by atoms with Crippen LogP contribution in [0.5, 0.6) is 0 Å². The Morgan fingerprint density at radius 1 is 1.13 bits per heavy atom. The molecule has 162 valence electrons. The number of nitrogens with one attached hydrogen (secondary N) is 1. The zero-order chi connectivity index (χ0) is 21.8. The second-order valence-electron chi connectivity index (χ2n) is 7.94. The van der Waals surface area contributed by atoms with Crippen molar-refractivity contribution < 1.29 is 9.18 Å². The molecule has 0 unspecified atom stereocenters. The maximum absolute atomic E-state index is 13.1. The van der Waals surface area contributed by atoms with Crippen molar-refractivity contribution in [3.8, 4) is 11.4 Å². The number of aromatic nitrogens is 3. The molecular weight excluding hydrogens is 413 g/mol. The van der Waals surface area contributed by atoms with E-state index >= 15 is 0 Å². The third-order valence-corrected chi connectivity index (χ3v) is 5.90. The minimum atomic E-state index is -0.223. The number of hydrogen-bond donors (Lipinski definition) is 1. The summed E-state index contributed by atoms with van der Waals surface area (Å²) in [5, 5.41) is 7.17. The molecule has 0 saturated carbocycles. The average molecular weight is 440 g/mol. The van der Waals surface area contributed by atoms with E-state index in [0.29, 0.717) is 23.7 Å². The van der Waals surface area contributed by atoms with E-state index in [0.717, 1.165) is 42.7 Å². The van der Waals surface area contributed by atoms with Crippen LogP contribution < -0.4 is 0 Å². The van der Waals surface area contributed by atoms with Crippen LogP contribution in [0.1, 0.15) is 17.5 Å². The fourth-order valence-electron chi connectivity index (χ4n) is 3.93. The number of halogens is 1. The van der Waals surface area contributed by atoms with E-state index in [1.165, 1.54) is 12.1 Å². The number of hydrogen-bond acceptors (Lipinski definition) is 4. The lowest BCUT2D eigenvalue weighted by Crippen LogP contribution is -2.37. The summed E-state index contributed by atoms with van der Waals surface area (Å²) in [6.07, 6.45) is 0.897. The number of nitrogens with zero attached hydrogens (tertiary/aromatic N) is 4. The van der Waals surface area contributed by atoms with Crippen LogP contribution in [-0.4, -0.2) is 56.7 Å². The van der Waals surface area contributed by atoms with Gasteiger partial charge in [0, 0.05) is 38.3 Å². The lowest BCUT2D eigenvalue weighted by Gasteiger charge is -2.22. The topological polar surface area (TPSA) is 57.2 Å². The van der Waals surface area contributed by atoms with E-state index in [1.54, 1.807) is 4.57 Å². The molecule has 1 aliphatic rings. The molecule has 8 heteroatoms. The van der Waals surface area contributed by atoms with Crippen molar-refractivity contribution >= 4 is 18.1 Å². The Morgan fingerprint density at radius 2 is 1.94 bits per heavy atom.